The van der Waals surface area contributed by atoms with Gasteiger partial charge in [0.15, 0.2) is 11.5 Å². The fourth-order valence-electron chi connectivity index (χ4n) is 4.26. The molecule has 8 nitrogen and oxygen atoms in total. The number of unbranched alkanes of at least 4 members (excludes halogenated alkanes) is 1. The lowest BCUT2D eigenvalue weighted by molar-refractivity contribution is 0.0734. The van der Waals surface area contributed by atoms with E-state index in [1.54, 1.807) is 49.6 Å². The molecule has 0 fully saturated rings. The molecule has 1 aliphatic rings. The Bertz CT molecular complexity index is 1410. The Morgan fingerprint density at radius 3 is 2.46 bits per heavy atom. The lowest BCUT2D eigenvalue weighted by Crippen LogP contribution is -2.21. The minimum Gasteiger partial charge on any atom is -0.493 e. The summed E-state index contributed by atoms with van der Waals surface area (Å²) in [7, 11) is 1.57. The van der Waals surface area contributed by atoms with Crippen LogP contribution >= 0.6 is 0 Å². The van der Waals surface area contributed by atoms with Gasteiger partial charge >= 0.3 is 5.97 Å². The van der Waals surface area contributed by atoms with E-state index in [1.807, 2.05) is 32.0 Å². The minimum atomic E-state index is -0.525. The van der Waals surface area contributed by atoms with Crippen molar-refractivity contribution in [3.05, 3.63) is 88.8 Å². The Hall–Kier alpha value is -4.64. The first-order chi connectivity index (χ1) is 18.8. The van der Waals surface area contributed by atoms with Gasteiger partial charge < -0.3 is 29.4 Å². The number of nitrogens with zero attached hydrogens (tertiary/aromatic N) is 1. The van der Waals surface area contributed by atoms with Gasteiger partial charge in [-0.15, -0.1) is 0 Å². The highest BCUT2D eigenvalue weighted by Crippen LogP contribution is 2.45. The Labute approximate surface area is 228 Å². The molecule has 0 saturated carbocycles. The summed E-state index contributed by atoms with van der Waals surface area (Å²) in [5, 5.41) is 9.91. The van der Waals surface area contributed by atoms with Gasteiger partial charge in [0.05, 0.1) is 31.3 Å². The van der Waals surface area contributed by atoms with Gasteiger partial charge in [0, 0.05) is 11.6 Å². The third kappa shape index (κ3) is 6.27. The second kappa shape index (κ2) is 12.3. The maximum atomic E-state index is 12.8. The number of hydrogen-bond donors (Lipinski definition) is 1. The first-order valence-corrected chi connectivity index (χ1v) is 12.9. The normalized spacial score (nSPS) is 14.2. The van der Waals surface area contributed by atoms with Crippen LogP contribution in [0, 0.1) is 11.3 Å². The van der Waals surface area contributed by atoms with Crippen LogP contribution in [0.5, 0.6) is 28.7 Å². The molecular formula is C31H32N2O6. The monoisotopic (exact) mass is 528 g/mol. The van der Waals surface area contributed by atoms with Gasteiger partial charge in [-0.3, -0.25) is 0 Å². The summed E-state index contributed by atoms with van der Waals surface area (Å²) in [5.41, 5.74) is 8.31. The lowest BCUT2D eigenvalue weighted by Gasteiger charge is -2.27. The molecule has 1 heterocycles. The zero-order chi connectivity index (χ0) is 27.9. The van der Waals surface area contributed by atoms with Gasteiger partial charge in [0.25, 0.3) is 0 Å². The van der Waals surface area contributed by atoms with E-state index < -0.39 is 11.9 Å². The summed E-state index contributed by atoms with van der Waals surface area (Å²) in [5.74, 6) is 1.49. The summed E-state index contributed by atoms with van der Waals surface area (Å²) in [4.78, 5) is 12.8. The van der Waals surface area contributed by atoms with Crippen LogP contribution in [0.2, 0.25) is 0 Å². The van der Waals surface area contributed by atoms with Crippen LogP contribution in [0.15, 0.2) is 72.1 Å². The van der Waals surface area contributed by atoms with E-state index >= 15 is 0 Å². The predicted molar refractivity (Wildman–Crippen MR) is 146 cm³/mol. The Kier molecular flexibility index (Phi) is 8.62. The number of allylic oxidation sites excluding steroid dienone is 1. The molecule has 0 bridgehead atoms. The van der Waals surface area contributed by atoms with Crippen molar-refractivity contribution in [1.29, 1.82) is 5.26 Å². The average molecular weight is 529 g/mol. The van der Waals surface area contributed by atoms with E-state index in [-0.39, 0.29) is 23.3 Å². The van der Waals surface area contributed by atoms with Crippen molar-refractivity contribution in [3.8, 4) is 34.8 Å². The number of hydrogen-bond acceptors (Lipinski definition) is 8. The molecule has 1 atom stereocenters. The molecule has 0 saturated heterocycles. The van der Waals surface area contributed by atoms with Crippen molar-refractivity contribution >= 4 is 5.97 Å². The molecule has 3 aromatic carbocycles. The molecule has 0 radical (unpaired) electrons. The van der Waals surface area contributed by atoms with E-state index in [0.717, 1.165) is 18.4 Å². The van der Waals surface area contributed by atoms with Crippen LogP contribution < -0.4 is 29.4 Å². The second-order valence-electron chi connectivity index (χ2n) is 9.32. The van der Waals surface area contributed by atoms with Crippen molar-refractivity contribution in [2.24, 2.45) is 5.73 Å². The number of nitrogens with two attached hydrogens (primary N) is 1. The Balaban J connectivity index is 1.60. The van der Waals surface area contributed by atoms with Crippen LogP contribution in [0.25, 0.3) is 0 Å². The van der Waals surface area contributed by atoms with E-state index in [1.165, 1.54) is 0 Å². The van der Waals surface area contributed by atoms with Crippen LogP contribution in [0.3, 0.4) is 0 Å². The van der Waals surface area contributed by atoms with E-state index in [4.69, 9.17) is 29.4 Å². The molecule has 0 aromatic heterocycles. The number of fused-ring (bicyclic) bond motifs is 1. The number of ether oxygens (including phenoxy) is 5. The van der Waals surface area contributed by atoms with Crippen molar-refractivity contribution in [1.82, 2.24) is 0 Å². The highest BCUT2D eigenvalue weighted by Gasteiger charge is 2.32. The Morgan fingerprint density at radius 2 is 1.79 bits per heavy atom. The van der Waals surface area contributed by atoms with E-state index in [9.17, 15) is 10.1 Å². The van der Waals surface area contributed by atoms with Crippen molar-refractivity contribution in [2.45, 2.75) is 45.6 Å². The quantitative estimate of drug-likeness (QED) is 0.191. The largest absolute Gasteiger partial charge is 0.493 e. The molecule has 39 heavy (non-hydrogen) atoms. The van der Waals surface area contributed by atoms with Gasteiger partial charge in [-0.2, -0.15) is 5.26 Å². The second-order valence-corrected chi connectivity index (χ2v) is 9.32. The number of nitriles is 1. The molecule has 0 aliphatic carbocycles. The highest BCUT2D eigenvalue weighted by molar-refractivity contribution is 5.91. The smallest absolute Gasteiger partial charge is 0.343 e. The molecule has 3 aromatic rings. The molecule has 0 spiro atoms. The molecule has 0 amide bonds. The number of carbonyl (C=O) groups is 1. The third-order valence-corrected chi connectivity index (χ3v) is 6.14. The maximum absolute atomic E-state index is 12.8. The molecule has 1 unspecified atom stereocenters. The maximum Gasteiger partial charge on any atom is 0.343 e. The van der Waals surface area contributed by atoms with Crippen LogP contribution in [-0.4, -0.2) is 25.8 Å². The van der Waals surface area contributed by atoms with Gasteiger partial charge in [0.2, 0.25) is 5.88 Å². The molecule has 1 aliphatic heterocycles. The fraction of sp³-hybridized carbons (Fsp3) is 0.290. The zero-order valence-electron chi connectivity index (χ0n) is 22.5. The van der Waals surface area contributed by atoms with Gasteiger partial charge in [0.1, 0.15) is 28.9 Å². The lowest BCUT2D eigenvalue weighted by atomic mass is 9.83. The van der Waals surface area contributed by atoms with Crippen LogP contribution in [-0.2, 0) is 0 Å². The molecular weight excluding hydrogens is 496 g/mol. The zero-order valence-corrected chi connectivity index (χ0v) is 22.5. The number of esters is 1. The van der Waals surface area contributed by atoms with E-state index in [0.29, 0.717) is 40.7 Å². The first-order valence-electron chi connectivity index (χ1n) is 12.9. The van der Waals surface area contributed by atoms with Gasteiger partial charge in [-0.05, 0) is 68.3 Å². The number of benzene rings is 3. The van der Waals surface area contributed by atoms with Crippen molar-refractivity contribution in [2.75, 3.05) is 13.7 Å². The first kappa shape index (κ1) is 27.4. The van der Waals surface area contributed by atoms with Crippen LogP contribution in [0.4, 0.5) is 0 Å². The Morgan fingerprint density at radius 1 is 1.05 bits per heavy atom. The van der Waals surface area contributed by atoms with E-state index in [2.05, 4.69) is 13.0 Å². The summed E-state index contributed by atoms with van der Waals surface area (Å²) < 4.78 is 28.4. The standard InChI is InChI=1S/C31H32N2O6/c1-5-6-15-36-26-14-9-21(16-28(26)35-4)29-24-13-12-23(17-27(24)39-30(33)25(29)18-32)38-31(34)20-7-10-22(11-8-20)37-19(2)3/h7-14,16-17,19,29H,5-6,15,33H2,1-4H3. The van der Waals surface area contributed by atoms with Gasteiger partial charge in [-0.1, -0.05) is 25.5 Å². The number of carbonyl (C=O) groups excluding carboxylic acids is 1. The SMILES string of the molecule is CCCCOc1ccc(C2C(C#N)=C(N)Oc3cc(OC(=O)c4ccc(OC(C)C)cc4)ccc32)cc1OC. The fourth-order valence-corrected chi connectivity index (χ4v) is 4.26. The minimum absolute atomic E-state index is 0.0125. The topological polar surface area (TPSA) is 113 Å². The van der Waals surface area contributed by atoms with Crippen molar-refractivity contribution in [3.63, 3.8) is 0 Å². The third-order valence-electron chi connectivity index (χ3n) is 6.14. The van der Waals surface area contributed by atoms with Crippen LogP contribution in [0.1, 0.15) is 61.0 Å². The van der Waals surface area contributed by atoms with Crippen molar-refractivity contribution < 1.29 is 28.5 Å². The highest BCUT2D eigenvalue weighted by atomic mass is 16.5. The summed E-state index contributed by atoms with van der Waals surface area (Å²) in [6.07, 6.45) is 1.98. The summed E-state index contributed by atoms with van der Waals surface area (Å²) in [6, 6.07) is 19.5. The predicted octanol–water partition coefficient (Wildman–Crippen LogP) is 6.10. The average Bonchev–Trinajstić information content (AvgIpc) is 2.92. The molecule has 2 N–H and O–H groups in total. The summed E-state index contributed by atoms with van der Waals surface area (Å²) in [6.45, 7) is 6.54. The molecule has 8 heteroatoms. The van der Waals surface area contributed by atoms with Gasteiger partial charge in [-0.25, -0.2) is 4.79 Å². The number of rotatable bonds is 10. The summed E-state index contributed by atoms with van der Waals surface area (Å²) >= 11 is 0. The molecule has 202 valence electrons. The molecule has 4 rings (SSSR count). The number of methoxy groups -OCH3 is 1.